The number of ether oxygens (including phenoxy) is 2. The van der Waals surface area contributed by atoms with Crippen LogP contribution in [0.3, 0.4) is 0 Å². The fraction of sp³-hybridized carbons (Fsp3) is 0.174. The predicted octanol–water partition coefficient (Wildman–Crippen LogP) is 3.35. The Kier molecular flexibility index (Phi) is 5.70. The van der Waals surface area contributed by atoms with Gasteiger partial charge >= 0.3 is 0 Å². The van der Waals surface area contributed by atoms with Gasteiger partial charge in [-0.25, -0.2) is 4.98 Å². The molecule has 0 aliphatic rings. The molecular weight excluding hydrogens is 394 g/mol. The molecule has 2 aromatic heterocycles. The van der Waals surface area contributed by atoms with Crippen molar-refractivity contribution in [1.82, 2.24) is 25.1 Å². The maximum atomic E-state index is 13.1. The van der Waals surface area contributed by atoms with Gasteiger partial charge in [0.1, 0.15) is 29.1 Å². The van der Waals surface area contributed by atoms with Gasteiger partial charge in [0, 0.05) is 25.0 Å². The lowest BCUT2D eigenvalue weighted by molar-refractivity contribution is 0.0936. The summed E-state index contributed by atoms with van der Waals surface area (Å²) in [5, 5.41) is 10.2. The van der Waals surface area contributed by atoms with Gasteiger partial charge in [-0.1, -0.05) is 24.3 Å². The summed E-state index contributed by atoms with van der Waals surface area (Å²) in [6, 6.07) is 16.3. The van der Waals surface area contributed by atoms with Gasteiger partial charge in [0.25, 0.3) is 5.91 Å². The lowest BCUT2D eigenvalue weighted by atomic mass is 10.1. The Morgan fingerprint density at radius 3 is 2.52 bits per heavy atom. The number of H-pyrrole nitrogens is 1. The Morgan fingerprint density at radius 2 is 1.81 bits per heavy atom. The lowest BCUT2D eigenvalue weighted by Crippen LogP contribution is -2.31. The van der Waals surface area contributed by atoms with Crippen LogP contribution in [-0.4, -0.2) is 39.9 Å². The quantitative estimate of drug-likeness (QED) is 0.481. The summed E-state index contributed by atoms with van der Waals surface area (Å²) in [5.74, 6) is 1.83. The molecule has 4 rings (SSSR count). The number of nitrogens with one attached hydrogen (secondary N) is 2. The Balaban J connectivity index is 1.62. The number of nitrogens with zero attached hydrogens (tertiary/aromatic N) is 3. The molecule has 0 unspecified atom stereocenters. The predicted molar refractivity (Wildman–Crippen MR) is 116 cm³/mol. The Morgan fingerprint density at radius 1 is 1.06 bits per heavy atom. The zero-order chi connectivity index (χ0) is 21.8. The zero-order valence-corrected chi connectivity index (χ0v) is 17.5. The molecule has 0 aliphatic heterocycles. The van der Waals surface area contributed by atoms with E-state index in [1.165, 1.54) is 0 Å². The third kappa shape index (κ3) is 4.28. The van der Waals surface area contributed by atoms with Gasteiger partial charge in [-0.3, -0.25) is 9.89 Å². The second kappa shape index (κ2) is 8.74. The van der Waals surface area contributed by atoms with Crippen molar-refractivity contribution in [2.75, 3.05) is 14.2 Å². The van der Waals surface area contributed by atoms with Crippen molar-refractivity contribution in [1.29, 1.82) is 0 Å². The van der Waals surface area contributed by atoms with Crippen molar-refractivity contribution in [3.05, 3.63) is 84.1 Å². The molecule has 31 heavy (non-hydrogen) atoms. The molecule has 0 fully saturated rings. The van der Waals surface area contributed by atoms with Crippen molar-refractivity contribution < 1.29 is 14.3 Å². The summed E-state index contributed by atoms with van der Waals surface area (Å²) in [7, 11) is 5.11. The van der Waals surface area contributed by atoms with Gasteiger partial charge < -0.3 is 19.4 Å². The molecule has 0 aliphatic carbocycles. The fourth-order valence-electron chi connectivity index (χ4n) is 3.35. The molecule has 0 radical (unpaired) electrons. The molecule has 0 spiro atoms. The van der Waals surface area contributed by atoms with Crippen LogP contribution < -0.4 is 14.8 Å². The second-order valence-electron chi connectivity index (χ2n) is 6.98. The minimum absolute atomic E-state index is 0.294. The van der Waals surface area contributed by atoms with E-state index >= 15 is 0 Å². The molecule has 4 aromatic rings. The van der Waals surface area contributed by atoms with E-state index in [0.717, 1.165) is 16.9 Å². The highest BCUT2D eigenvalue weighted by Gasteiger charge is 2.23. The molecule has 8 nitrogen and oxygen atoms in total. The Bertz CT molecular complexity index is 1200. The Hall–Kier alpha value is -4.07. The molecule has 0 saturated heterocycles. The molecule has 0 bridgehead atoms. The van der Waals surface area contributed by atoms with Crippen LogP contribution in [0, 0.1) is 0 Å². The smallest absolute Gasteiger partial charge is 0.270 e. The van der Waals surface area contributed by atoms with E-state index in [1.54, 1.807) is 26.5 Å². The molecule has 2 aromatic carbocycles. The van der Waals surface area contributed by atoms with E-state index in [4.69, 9.17) is 9.47 Å². The number of imidazole rings is 1. The first kappa shape index (κ1) is 20.2. The largest absolute Gasteiger partial charge is 0.497 e. The van der Waals surface area contributed by atoms with Gasteiger partial charge in [-0.2, -0.15) is 5.10 Å². The SMILES string of the molecule is COc1cccc(-c2cc(C(=O)N[C@H](c3cccc(OC)c3)c3nccn3C)[nH]n2)c1. The van der Waals surface area contributed by atoms with Crippen molar-refractivity contribution in [3.63, 3.8) is 0 Å². The molecule has 158 valence electrons. The number of hydrogen-bond acceptors (Lipinski definition) is 5. The third-order valence-electron chi connectivity index (χ3n) is 5.01. The first-order valence-electron chi connectivity index (χ1n) is 9.71. The monoisotopic (exact) mass is 417 g/mol. The van der Waals surface area contributed by atoms with Crippen LogP contribution in [0.2, 0.25) is 0 Å². The molecule has 1 atom stereocenters. The summed E-state index contributed by atoms with van der Waals surface area (Å²) in [4.78, 5) is 17.5. The Labute approximate surface area is 179 Å². The average molecular weight is 417 g/mol. The first-order valence-corrected chi connectivity index (χ1v) is 9.71. The number of hydrogen-bond donors (Lipinski definition) is 2. The van der Waals surface area contributed by atoms with Gasteiger partial charge in [0.15, 0.2) is 0 Å². The topological polar surface area (TPSA) is 94.1 Å². The number of methoxy groups -OCH3 is 2. The van der Waals surface area contributed by atoms with Crippen molar-refractivity contribution >= 4 is 5.91 Å². The van der Waals surface area contributed by atoms with Crippen LogP contribution in [0.15, 0.2) is 67.0 Å². The molecule has 1 amide bonds. The minimum Gasteiger partial charge on any atom is -0.497 e. The van der Waals surface area contributed by atoms with Gasteiger partial charge in [-0.15, -0.1) is 0 Å². The number of carbonyl (C=O) groups excluding carboxylic acids is 1. The highest BCUT2D eigenvalue weighted by atomic mass is 16.5. The third-order valence-corrected chi connectivity index (χ3v) is 5.01. The van der Waals surface area contributed by atoms with Crippen LogP contribution in [0.25, 0.3) is 11.3 Å². The van der Waals surface area contributed by atoms with E-state index in [0.29, 0.717) is 23.0 Å². The molecule has 0 saturated carbocycles. The maximum absolute atomic E-state index is 13.1. The van der Waals surface area contributed by atoms with Crippen molar-refractivity contribution in [2.24, 2.45) is 7.05 Å². The van der Waals surface area contributed by atoms with E-state index in [9.17, 15) is 4.79 Å². The molecular formula is C23H23N5O3. The number of benzene rings is 2. The van der Waals surface area contributed by atoms with Crippen LogP contribution >= 0.6 is 0 Å². The number of amides is 1. The van der Waals surface area contributed by atoms with Crippen molar-refractivity contribution in [3.8, 4) is 22.8 Å². The van der Waals surface area contributed by atoms with Crippen LogP contribution in [0.5, 0.6) is 11.5 Å². The van der Waals surface area contributed by atoms with E-state index in [1.807, 2.05) is 66.3 Å². The van der Waals surface area contributed by atoms with Crippen LogP contribution in [-0.2, 0) is 7.05 Å². The summed E-state index contributed by atoms with van der Waals surface area (Å²) < 4.78 is 12.5. The van der Waals surface area contributed by atoms with E-state index in [-0.39, 0.29) is 5.91 Å². The number of rotatable bonds is 7. The highest BCUT2D eigenvalue weighted by Crippen LogP contribution is 2.26. The van der Waals surface area contributed by atoms with Crippen LogP contribution in [0.1, 0.15) is 27.9 Å². The van der Waals surface area contributed by atoms with Gasteiger partial charge in [0.2, 0.25) is 0 Å². The zero-order valence-electron chi connectivity index (χ0n) is 17.5. The summed E-state index contributed by atoms with van der Waals surface area (Å²) >= 11 is 0. The van der Waals surface area contributed by atoms with E-state index < -0.39 is 6.04 Å². The molecule has 8 heteroatoms. The minimum atomic E-state index is -0.467. The van der Waals surface area contributed by atoms with Gasteiger partial charge in [-0.05, 0) is 35.9 Å². The summed E-state index contributed by atoms with van der Waals surface area (Å²) in [6.07, 6.45) is 3.54. The van der Waals surface area contributed by atoms with Gasteiger partial charge in [0.05, 0.1) is 19.9 Å². The molecule has 2 heterocycles. The standard InChI is InChI=1S/C23H23N5O3/c1-28-11-10-24-22(28)21(16-7-5-9-18(13-16)31-3)25-23(29)20-14-19(26-27-20)15-6-4-8-17(12-15)30-2/h4-14,21H,1-3H3,(H,25,29)(H,26,27)/t21-/m1/s1. The molecule has 2 N–H and O–H groups in total. The normalized spacial score (nSPS) is 11.7. The number of aryl methyl sites for hydroxylation is 1. The number of aromatic amines is 1. The second-order valence-corrected chi connectivity index (χ2v) is 6.98. The average Bonchev–Trinajstić information content (AvgIpc) is 3.47. The maximum Gasteiger partial charge on any atom is 0.270 e. The van der Waals surface area contributed by atoms with Crippen LogP contribution in [0.4, 0.5) is 0 Å². The lowest BCUT2D eigenvalue weighted by Gasteiger charge is -2.19. The highest BCUT2D eigenvalue weighted by molar-refractivity contribution is 5.93. The first-order chi connectivity index (χ1) is 15.1. The van der Waals surface area contributed by atoms with E-state index in [2.05, 4.69) is 20.5 Å². The summed E-state index contributed by atoms with van der Waals surface area (Å²) in [6.45, 7) is 0. The number of aromatic nitrogens is 4. The summed E-state index contributed by atoms with van der Waals surface area (Å²) in [5.41, 5.74) is 2.71. The van der Waals surface area contributed by atoms with Crippen molar-refractivity contribution in [2.45, 2.75) is 6.04 Å². The fourth-order valence-corrected chi connectivity index (χ4v) is 3.35. The number of carbonyl (C=O) groups is 1.